The minimum Gasteiger partial charge on any atom is -0.491 e. The predicted octanol–water partition coefficient (Wildman–Crippen LogP) is 1.72. The molecule has 0 aliphatic heterocycles. The zero-order valence-corrected chi connectivity index (χ0v) is 13.0. The lowest BCUT2D eigenvalue weighted by Crippen LogP contribution is -2.33. The first-order chi connectivity index (χ1) is 9.24. The van der Waals surface area contributed by atoms with Crippen molar-refractivity contribution in [3.05, 3.63) is 24.3 Å². The van der Waals surface area contributed by atoms with Gasteiger partial charge in [-0.15, -0.1) is 0 Å². The molecule has 0 aliphatic carbocycles. The van der Waals surface area contributed by atoms with Crippen molar-refractivity contribution < 1.29 is 22.7 Å². The maximum atomic E-state index is 12.0. The van der Waals surface area contributed by atoms with Crippen LogP contribution in [0.15, 0.2) is 29.2 Å². The maximum absolute atomic E-state index is 12.0. The van der Waals surface area contributed by atoms with E-state index in [9.17, 15) is 8.42 Å². The largest absolute Gasteiger partial charge is 0.491 e. The quantitative estimate of drug-likeness (QED) is 0.613. The van der Waals surface area contributed by atoms with Crippen LogP contribution in [0.3, 0.4) is 0 Å². The molecule has 0 atom stereocenters. The van der Waals surface area contributed by atoms with Crippen LogP contribution in [0.1, 0.15) is 20.8 Å². The number of ether oxygens (including phenoxy) is 2. The van der Waals surface area contributed by atoms with Gasteiger partial charge in [0.2, 0.25) is 0 Å². The van der Waals surface area contributed by atoms with Gasteiger partial charge in [-0.1, -0.05) is 4.89 Å². The van der Waals surface area contributed by atoms with Crippen LogP contribution in [0, 0.1) is 0 Å². The SMILES string of the molecule is COCCOc1ccc(S(=O)(=O)NOC(C)(C)C)cc1. The third-order valence-corrected chi connectivity index (χ3v) is 3.34. The fourth-order valence-electron chi connectivity index (χ4n) is 1.19. The van der Waals surface area contributed by atoms with E-state index in [1.165, 1.54) is 12.1 Å². The van der Waals surface area contributed by atoms with Gasteiger partial charge in [-0.2, -0.15) is 0 Å². The molecule has 6 nitrogen and oxygen atoms in total. The van der Waals surface area contributed by atoms with Crippen LogP contribution in [0.5, 0.6) is 5.75 Å². The summed E-state index contributed by atoms with van der Waals surface area (Å²) < 4.78 is 34.1. The fourth-order valence-corrected chi connectivity index (χ4v) is 2.14. The zero-order chi connectivity index (χ0) is 15.2. The highest BCUT2D eigenvalue weighted by Gasteiger charge is 2.19. The molecule has 0 amide bonds. The monoisotopic (exact) mass is 303 g/mol. The highest BCUT2D eigenvalue weighted by Crippen LogP contribution is 2.16. The first-order valence-corrected chi connectivity index (χ1v) is 7.64. The first kappa shape index (κ1) is 16.9. The van der Waals surface area contributed by atoms with Gasteiger partial charge in [-0.3, -0.25) is 4.84 Å². The van der Waals surface area contributed by atoms with E-state index >= 15 is 0 Å². The highest BCUT2D eigenvalue weighted by atomic mass is 32.2. The van der Waals surface area contributed by atoms with E-state index in [0.29, 0.717) is 19.0 Å². The third-order valence-electron chi connectivity index (χ3n) is 2.15. The zero-order valence-electron chi connectivity index (χ0n) is 12.2. The fraction of sp³-hybridized carbons (Fsp3) is 0.538. The van der Waals surface area contributed by atoms with Crippen molar-refractivity contribution >= 4 is 10.0 Å². The van der Waals surface area contributed by atoms with E-state index in [1.54, 1.807) is 40.0 Å². The Morgan fingerprint density at radius 3 is 2.20 bits per heavy atom. The van der Waals surface area contributed by atoms with Crippen molar-refractivity contribution in [3.8, 4) is 5.75 Å². The standard InChI is InChI=1S/C13H21NO5S/c1-13(2,3)19-14-20(15,16)12-7-5-11(6-8-12)18-10-9-17-4/h5-8,14H,9-10H2,1-4H3. The number of benzene rings is 1. The molecule has 0 aromatic heterocycles. The van der Waals surface area contributed by atoms with Crippen LogP contribution >= 0.6 is 0 Å². The van der Waals surface area contributed by atoms with Gasteiger partial charge in [-0.05, 0) is 45.0 Å². The molecule has 1 N–H and O–H groups in total. The molecule has 0 bridgehead atoms. The van der Waals surface area contributed by atoms with E-state index in [0.717, 1.165) is 0 Å². The summed E-state index contributed by atoms with van der Waals surface area (Å²) in [5.74, 6) is 0.581. The Hall–Kier alpha value is -1.15. The Labute approximate surface area is 120 Å². The molecule has 0 saturated carbocycles. The molecule has 0 radical (unpaired) electrons. The van der Waals surface area contributed by atoms with Gasteiger partial charge < -0.3 is 9.47 Å². The van der Waals surface area contributed by atoms with Gasteiger partial charge in [0.25, 0.3) is 10.0 Å². The summed E-state index contributed by atoms with van der Waals surface area (Å²) in [4.78, 5) is 7.28. The highest BCUT2D eigenvalue weighted by molar-refractivity contribution is 7.89. The summed E-state index contributed by atoms with van der Waals surface area (Å²) in [6, 6.07) is 6.08. The van der Waals surface area contributed by atoms with E-state index in [2.05, 4.69) is 4.89 Å². The van der Waals surface area contributed by atoms with Gasteiger partial charge in [-0.25, -0.2) is 8.42 Å². The smallest absolute Gasteiger partial charge is 0.262 e. The Morgan fingerprint density at radius 1 is 1.10 bits per heavy atom. The lowest BCUT2D eigenvalue weighted by Gasteiger charge is -2.19. The second-order valence-electron chi connectivity index (χ2n) is 5.11. The molecule has 1 rings (SSSR count). The van der Waals surface area contributed by atoms with Gasteiger partial charge in [0.05, 0.1) is 17.1 Å². The molecule has 20 heavy (non-hydrogen) atoms. The minimum atomic E-state index is -3.69. The summed E-state index contributed by atoms with van der Waals surface area (Å²) in [7, 11) is -2.10. The Morgan fingerprint density at radius 2 is 1.70 bits per heavy atom. The van der Waals surface area contributed by atoms with Gasteiger partial charge in [0.1, 0.15) is 12.4 Å². The molecule has 0 spiro atoms. The second kappa shape index (κ2) is 7.03. The summed E-state index contributed by atoms with van der Waals surface area (Å²) in [6.07, 6.45) is 0. The molecular formula is C13H21NO5S. The molecular weight excluding hydrogens is 282 g/mol. The average molecular weight is 303 g/mol. The van der Waals surface area contributed by atoms with Crippen LogP contribution < -0.4 is 9.62 Å². The van der Waals surface area contributed by atoms with Crippen LogP contribution in [0.25, 0.3) is 0 Å². The number of rotatable bonds is 7. The second-order valence-corrected chi connectivity index (χ2v) is 6.76. The molecule has 7 heteroatoms. The first-order valence-electron chi connectivity index (χ1n) is 6.16. The summed E-state index contributed by atoms with van der Waals surface area (Å²) >= 11 is 0. The average Bonchev–Trinajstić information content (AvgIpc) is 2.37. The van der Waals surface area contributed by atoms with Crippen LogP contribution in [0.2, 0.25) is 0 Å². The van der Waals surface area contributed by atoms with Crippen LogP contribution in [0.4, 0.5) is 0 Å². The van der Waals surface area contributed by atoms with Gasteiger partial charge in [0, 0.05) is 7.11 Å². The Kier molecular flexibility index (Phi) is 5.94. The van der Waals surface area contributed by atoms with E-state index < -0.39 is 15.6 Å². The molecule has 0 saturated heterocycles. The minimum absolute atomic E-state index is 0.112. The van der Waals surface area contributed by atoms with Crippen molar-refractivity contribution in [2.75, 3.05) is 20.3 Å². The van der Waals surface area contributed by atoms with Gasteiger partial charge >= 0.3 is 0 Å². The molecule has 1 aromatic rings. The number of hydrogen-bond donors (Lipinski definition) is 1. The number of nitrogens with one attached hydrogen (secondary N) is 1. The summed E-state index contributed by atoms with van der Waals surface area (Å²) in [5.41, 5.74) is -0.601. The van der Waals surface area contributed by atoms with Crippen molar-refractivity contribution in [3.63, 3.8) is 0 Å². The lowest BCUT2D eigenvalue weighted by molar-refractivity contribution is -0.0357. The van der Waals surface area contributed by atoms with Crippen molar-refractivity contribution in [2.45, 2.75) is 31.3 Å². The van der Waals surface area contributed by atoms with Crippen LogP contribution in [-0.2, 0) is 19.6 Å². The molecule has 0 fully saturated rings. The summed E-state index contributed by atoms with van der Waals surface area (Å²) in [6.45, 7) is 6.14. The van der Waals surface area contributed by atoms with Crippen molar-refractivity contribution in [2.24, 2.45) is 0 Å². The maximum Gasteiger partial charge on any atom is 0.262 e. The summed E-state index contributed by atoms with van der Waals surface area (Å²) in [5, 5.41) is 0. The molecule has 0 heterocycles. The van der Waals surface area contributed by atoms with E-state index in [4.69, 9.17) is 14.3 Å². The third kappa shape index (κ3) is 5.87. The van der Waals surface area contributed by atoms with Crippen molar-refractivity contribution in [1.82, 2.24) is 4.89 Å². The Balaban J connectivity index is 2.67. The van der Waals surface area contributed by atoms with E-state index in [1.807, 2.05) is 0 Å². The lowest BCUT2D eigenvalue weighted by atomic mass is 10.2. The molecule has 0 unspecified atom stereocenters. The van der Waals surface area contributed by atoms with Crippen molar-refractivity contribution in [1.29, 1.82) is 0 Å². The number of methoxy groups -OCH3 is 1. The molecule has 0 aliphatic rings. The predicted molar refractivity (Wildman–Crippen MR) is 75.0 cm³/mol. The van der Waals surface area contributed by atoms with E-state index in [-0.39, 0.29) is 4.90 Å². The normalized spacial score (nSPS) is 12.4. The van der Waals surface area contributed by atoms with Gasteiger partial charge in [0.15, 0.2) is 0 Å². The molecule has 114 valence electrons. The number of sulfonamides is 1. The topological polar surface area (TPSA) is 73.9 Å². The molecule has 1 aromatic carbocycles. The Bertz CT molecular complexity index is 505. The van der Waals surface area contributed by atoms with Crippen LogP contribution in [-0.4, -0.2) is 34.3 Å². The number of hydrogen-bond acceptors (Lipinski definition) is 5.